The first-order chi connectivity index (χ1) is 16.7. The van der Waals surface area contributed by atoms with Crippen LogP contribution in [0.2, 0.25) is 0 Å². The van der Waals surface area contributed by atoms with E-state index in [1.165, 1.54) is 28.3 Å². The Morgan fingerprint density at radius 2 is 1.74 bits per heavy atom. The number of likely N-dealkylation sites (N-methyl/N-ethyl adjacent to an activating group) is 1. The zero-order chi connectivity index (χ0) is 25.0. The fourth-order valence-electron chi connectivity index (χ4n) is 4.66. The van der Waals surface area contributed by atoms with Crippen molar-refractivity contribution in [1.29, 1.82) is 0 Å². The van der Waals surface area contributed by atoms with Gasteiger partial charge >= 0.3 is 6.03 Å². The van der Waals surface area contributed by atoms with E-state index in [4.69, 9.17) is 5.73 Å². The quantitative estimate of drug-likeness (QED) is 0.423. The minimum Gasteiger partial charge on any atom is -0.383 e. The Morgan fingerprint density at radius 1 is 1.03 bits per heavy atom. The third kappa shape index (κ3) is 3.54. The summed E-state index contributed by atoms with van der Waals surface area (Å²) in [6.07, 6.45) is 3.01. The summed E-state index contributed by atoms with van der Waals surface area (Å²) in [6.45, 7) is 1.66. The summed E-state index contributed by atoms with van der Waals surface area (Å²) >= 11 is 0. The number of halogens is 4. The van der Waals surface area contributed by atoms with Crippen molar-refractivity contribution in [3.05, 3.63) is 71.7 Å². The van der Waals surface area contributed by atoms with Gasteiger partial charge < -0.3 is 15.2 Å². The normalized spacial score (nSPS) is 16.1. The van der Waals surface area contributed by atoms with Crippen LogP contribution < -0.4 is 10.6 Å². The standard InChI is InChI=1S/C24H20F4N6O/c1-3-33-19(21-17(27)6-12(25)7-18(21)28)10-34(24(33)35)13-4-5-14(16(26)8-13)15-9-32(2)23-20(15)22(29)30-11-31-23/h4-9,11,19H,3,10H2,1-2H3,(H2,29,30,31). The number of carbonyl (C=O) groups excluding carboxylic acids is 1. The molecule has 5 rings (SSSR count). The third-order valence-corrected chi connectivity index (χ3v) is 6.26. The zero-order valence-electron chi connectivity index (χ0n) is 18.8. The highest BCUT2D eigenvalue weighted by atomic mass is 19.1. The van der Waals surface area contributed by atoms with Gasteiger partial charge in [0.2, 0.25) is 0 Å². The highest BCUT2D eigenvalue weighted by Crippen LogP contribution is 2.38. The van der Waals surface area contributed by atoms with E-state index in [1.807, 2.05) is 0 Å². The first-order valence-corrected chi connectivity index (χ1v) is 10.8. The van der Waals surface area contributed by atoms with Crippen LogP contribution in [0, 0.1) is 23.3 Å². The lowest BCUT2D eigenvalue weighted by Crippen LogP contribution is -2.32. The number of rotatable bonds is 4. The molecule has 11 heteroatoms. The molecule has 3 heterocycles. The van der Waals surface area contributed by atoms with Crippen LogP contribution in [0.1, 0.15) is 18.5 Å². The molecule has 1 fully saturated rings. The largest absolute Gasteiger partial charge is 0.383 e. The molecular formula is C24H20F4N6O. The number of aromatic nitrogens is 3. The van der Waals surface area contributed by atoms with Gasteiger partial charge in [-0.15, -0.1) is 0 Å². The van der Waals surface area contributed by atoms with Gasteiger partial charge in [0.05, 0.1) is 18.0 Å². The van der Waals surface area contributed by atoms with E-state index in [0.29, 0.717) is 28.7 Å². The molecule has 0 saturated carbocycles. The van der Waals surface area contributed by atoms with E-state index >= 15 is 4.39 Å². The summed E-state index contributed by atoms with van der Waals surface area (Å²) in [5.41, 5.74) is 7.07. The summed E-state index contributed by atoms with van der Waals surface area (Å²) in [7, 11) is 1.75. The van der Waals surface area contributed by atoms with Crippen molar-refractivity contribution in [2.75, 3.05) is 23.7 Å². The number of hydrogen-bond acceptors (Lipinski definition) is 4. The summed E-state index contributed by atoms with van der Waals surface area (Å²) in [5, 5.41) is 0.499. The van der Waals surface area contributed by atoms with E-state index in [9.17, 15) is 18.0 Å². The smallest absolute Gasteiger partial charge is 0.325 e. The SMILES string of the molecule is CCN1C(=O)N(c2ccc(-c3cn(C)c4ncnc(N)c34)c(F)c2)CC1c1c(F)cc(F)cc1F. The molecule has 4 aromatic rings. The molecule has 2 N–H and O–H groups in total. The molecule has 1 saturated heterocycles. The molecule has 1 aliphatic rings. The highest BCUT2D eigenvalue weighted by Gasteiger charge is 2.41. The Balaban J connectivity index is 1.54. The van der Waals surface area contributed by atoms with Crippen molar-refractivity contribution >= 4 is 28.6 Å². The Morgan fingerprint density at radius 3 is 2.40 bits per heavy atom. The van der Waals surface area contributed by atoms with Gasteiger partial charge in [0.1, 0.15) is 41.1 Å². The second-order valence-corrected chi connectivity index (χ2v) is 8.25. The maximum absolute atomic E-state index is 15.4. The van der Waals surface area contributed by atoms with Gasteiger partial charge in [-0.3, -0.25) is 4.90 Å². The van der Waals surface area contributed by atoms with Gasteiger partial charge in [0, 0.05) is 54.3 Å². The number of benzene rings is 2. The average molecular weight is 484 g/mol. The van der Waals surface area contributed by atoms with Gasteiger partial charge in [-0.1, -0.05) is 0 Å². The molecule has 180 valence electrons. The number of amides is 2. The molecule has 1 atom stereocenters. The molecule has 1 aliphatic heterocycles. The number of hydrogen-bond donors (Lipinski definition) is 1. The topological polar surface area (TPSA) is 80.3 Å². The molecule has 35 heavy (non-hydrogen) atoms. The van der Waals surface area contributed by atoms with E-state index in [2.05, 4.69) is 9.97 Å². The lowest BCUT2D eigenvalue weighted by molar-refractivity contribution is 0.207. The van der Waals surface area contributed by atoms with Gasteiger partial charge in [0.15, 0.2) is 0 Å². The Bertz CT molecular complexity index is 1460. The van der Waals surface area contributed by atoms with Crippen molar-refractivity contribution in [3.63, 3.8) is 0 Å². The summed E-state index contributed by atoms with van der Waals surface area (Å²) in [6, 6.07) is 3.83. The van der Waals surface area contributed by atoms with E-state index in [-0.39, 0.29) is 30.2 Å². The fraction of sp³-hybridized carbons (Fsp3) is 0.208. The van der Waals surface area contributed by atoms with E-state index < -0.39 is 40.9 Å². The second-order valence-electron chi connectivity index (χ2n) is 8.25. The van der Waals surface area contributed by atoms with Crippen LogP contribution in [-0.4, -0.2) is 38.6 Å². The number of aryl methyl sites for hydroxylation is 1. The number of carbonyl (C=O) groups is 1. The molecular weight excluding hydrogens is 464 g/mol. The molecule has 0 spiro atoms. The molecule has 2 aromatic heterocycles. The fourth-order valence-corrected chi connectivity index (χ4v) is 4.66. The maximum atomic E-state index is 15.4. The van der Waals surface area contributed by atoms with E-state index in [1.54, 1.807) is 30.8 Å². The number of fused-ring (bicyclic) bond motifs is 1. The average Bonchev–Trinajstić information content (AvgIpc) is 3.30. The Kier molecular flexibility index (Phi) is 5.34. The van der Waals surface area contributed by atoms with Gasteiger partial charge in [-0.2, -0.15) is 0 Å². The van der Waals surface area contributed by atoms with Gasteiger partial charge in [0.25, 0.3) is 0 Å². The van der Waals surface area contributed by atoms with Crippen LogP contribution in [0.4, 0.5) is 33.9 Å². The summed E-state index contributed by atoms with van der Waals surface area (Å²) in [4.78, 5) is 23.7. The van der Waals surface area contributed by atoms with Crippen molar-refractivity contribution in [2.45, 2.75) is 13.0 Å². The number of anilines is 2. The minimum absolute atomic E-state index is 0.139. The molecule has 2 amide bonds. The maximum Gasteiger partial charge on any atom is 0.325 e. The third-order valence-electron chi connectivity index (χ3n) is 6.26. The van der Waals surface area contributed by atoms with Gasteiger partial charge in [-0.25, -0.2) is 32.3 Å². The predicted molar refractivity (Wildman–Crippen MR) is 122 cm³/mol. The van der Waals surface area contributed by atoms with Crippen LogP contribution in [0.25, 0.3) is 22.2 Å². The molecule has 2 aromatic carbocycles. The second kappa shape index (κ2) is 8.26. The first-order valence-electron chi connectivity index (χ1n) is 10.8. The van der Waals surface area contributed by atoms with Gasteiger partial charge in [-0.05, 0) is 25.1 Å². The summed E-state index contributed by atoms with van der Waals surface area (Å²) < 4.78 is 59.4. The van der Waals surface area contributed by atoms with Crippen LogP contribution in [0.3, 0.4) is 0 Å². The minimum atomic E-state index is -1.09. The predicted octanol–water partition coefficient (Wildman–Crippen LogP) is 4.78. The van der Waals surface area contributed by atoms with Crippen molar-refractivity contribution in [3.8, 4) is 11.1 Å². The number of nitrogens with two attached hydrogens (primary N) is 1. The van der Waals surface area contributed by atoms with E-state index in [0.717, 1.165) is 0 Å². The number of urea groups is 1. The lowest BCUT2D eigenvalue weighted by atomic mass is 10.0. The molecule has 1 unspecified atom stereocenters. The van der Waals surface area contributed by atoms with Crippen LogP contribution in [0.15, 0.2) is 42.9 Å². The molecule has 0 bridgehead atoms. The molecule has 7 nitrogen and oxygen atoms in total. The van der Waals surface area contributed by atoms with Crippen LogP contribution in [0.5, 0.6) is 0 Å². The zero-order valence-corrected chi connectivity index (χ0v) is 18.8. The lowest BCUT2D eigenvalue weighted by Gasteiger charge is -2.22. The molecule has 0 aliphatic carbocycles. The first kappa shape index (κ1) is 22.6. The van der Waals surface area contributed by atoms with Crippen LogP contribution in [-0.2, 0) is 7.05 Å². The monoisotopic (exact) mass is 484 g/mol. The highest BCUT2D eigenvalue weighted by molar-refractivity contribution is 6.01. The van der Waals surface area contributed by atoms with Crippen molar-refractivity contribution in [1.82, 2.24) is 19.4 Å². The number of nitrogens with zero attached hydrogens (tertiary/aromatic N) is 5. The van der Waals surface area contributed by atoms with Crippen LogP contribution >= 0.6 is 0 Å². The van der Waals surface area contributed by atoms with Crippen molar-refractivity contribution < 1.29 is 22.4 Å². The summed E-state index contributed by atoms with van der Waals surface area (Å²) in [5.74, 6) is -3.65. The molecule has 0 radical (unpaired) electrons. The Labute approximate surface area is 197 Å². The number of nitrogen functional groups attached to an aromatic ring is 1. The Hall–Kier alpha value is -4.15. The van der Waals surface area contributed by atoms with Crippen molar-refractivity contribution in [2.24, 2.45) is 7.05 Å².